The van der Waals surface area contributed by atoms with Gasteiger partial charge in [-0.2, -0.15) is 5.10 Å². The van der Waals surface area contributed by atoms with Gasteiger partial charge in [-0.1, -0.05) is 18.2 Å². The van der Waals surface area contributed by atoms with E-state index in [4.69, 9.17) is 0 Å². The van der Waals surface area contributed by atoms with Gasteiger partial charge in [0, 0.05) is 30.4 Å². The van der Waals surface area contributed by atoms with Crippen molar-refractivity contribution >= 4 is 17.5 Å². The van der Waals surface area contributed by atoms with E-state index in [0.717, 1.165) is 24.2 Å². The SMILES string of the molecule is CCN(C(=O)c1cc(C2CC2)[nH]n1)[C@H]1CCN(c2ccccc2)C1=O. The molecule has 1 aromatic heterocycles. The molecule has 0 bridgehead atoms. The maximum absolute atomic E-state index is 12.9. The zero-order valence-electron chi connectivity index (χ0n) is 14.3. The van der Waals surface area contributed by atoms with Crippen molar-refractivity contribution in [3.8, 4) is 0 Å². The minimum atomic E-state index is -0.418. The molecule has 1 atom stereocenters. The summed E-state index contributed by atoms with van der Waals surface area (Å²) in [5, 5.41) is 7.15. The second-order valence-corrected chi connectivity index (χ2v) is 6.70. The van der Waals surface area contributed by atoms with Crippen molar-refractivity contribution in [2.75, 3.05) is 18.0 Å². The highest BCUT2D eigenvalue weighted by atomic mass is 16.2. The Kier molecular flexibility index (Phi) is 4.03. The van der Waals surface area contributed by atoms with Crippen LogP contribution in [0.4, 0.5) is 5.69 Å². The number of aromatic amines is 1. The number of carbonyl (C=O) groups is 2. The fraction of sp³-hybridized carbons (Fsp3) is 0.421. The Balaban J connectivity index is 1.52. The van der Waals surface area contributed by atoms with Crippen LogP contribution in [0.15, 0.2) is 36.4 Å². The van der Waals surface area contributed by atoms with Gasteiger partial charge in [0.15, 0.2) is 0 Å². The number of rotatable bonds is 5. The van der Waals surface area contributed by atoms with E-state index in [1.807, 2.05) is 43.3 Å². The summed E-state index contributed by atoms with van der Waals surface area (Å²) in [5.74, 6) is 0.337. The second kappa shape index (κ2) is 6.35. The van der Waals surface area contributed by atoms with Crippen LogP contribution in [0.25, 0.3) is 0 Å². The molecule has 1 N–H and O–H groups in total. The number of hydrogen-bond acceptors (Lipinski definition) is 3. The molecule has 1 aliphatic heterocycles. The van der Waals surface area contributed by atoms with Gasteiger partial charge in [0.2, 0.25) is 5.91 Å². The summed E-state index contributed by atoms with van der Waals surface area (Å²) in [4.78, 5) is 29.2. The number of para-hydroxylation sites is 1. The van der Waals surface area contributed by atoms with Crippen LogP contribution in [0.1, 0.15) is 48.3 Å². The maximum atomic E-state index is 12.9. The van der Waals surface area contributed by atoms with Gasteiger partial charge in [-0.3, -0.25) is 14.7 Å². The number of carbonyl (C=O) groups excluding carboxylic acids is 2. The topological polar surface area (TPSA) is 69.3 Å². The van der Waals surface area contributed by atoms with E-state index in [1.165, 1.54) is 0 Å². The minimum absolute atomic E-state index is 0.0145. The zero-order chi connectivity index (χ0) is 17.4. The number of likely N-dealkylation sites (N-methyl/N-ethyl adjacent to an activating group) is 1. The first kappa shape index (κ1) is 15.9. The first-order chi connectivity index (χ1) is 12.2. The number of amides is 2. The molecular formula is C19H22N4O2. The Bertz CT molecular complexity index is 782. The van der Waals surface area contributed by atoms with Crippen molar-refractivity contribution < 1.29 is 9.59 Å². The van der Waals surface area contributed by atoms with E-state index in [0.29, 0.717) is 31.1 Å². The Morgan fingerprint density at radius 3 is 2.72 bits per heavy atom. The Hall–Kier alpha value is -2.63. The van der Waals surface area contributed by atoms with Crippen molar-refractivity contribution in [2.45, 2.75) is 38.1 Å². The maximum Gasteiger partial charge on any atom is 0.275 e. The van der Waals surface area contributed by atoms with Gasteiger partial charge >= 0.3 is 0 Å². The number of nitrogens with zero attached hydrogens (tertiary/aromatic N) is 3. The molecule has 6 nitrogen and oxygen atoms in total. The second-order valence-electron chi connectivity index (χ2n) is 6.70. The predicted octanol–water partition coefficient (Wildman–Crippen LogP) is 2.55. The smallest absolute Gasteiger partial charge is 0.275 e. The lowest BCUT2D eigenvalue weighted by Gasteiger charge is -2.26. The quantitative estimate of drug-likeness (QED) is 0.911. The number of nitrogens with one attached hydrogen (secondary N) is 1. The molecule has 1 aliphatic carbocycles. The third-order valence-electron chi connectivity index (χ3n) is 5.06. The van der Waals surface area contributed by atoms with Crippen LogP contribution in [0.5, 0.6) is 0 Å². The van der Waals surface area contributed by atoms with Crippen LogP contribution in [0.3, 0.4) is 0 Å². The molecule has 0 radical (unpaired) electrons. The molecule has 4 rings (SSSR count). The number of anilines is 1. The van der Waals surface area contributed by atoms with Crippen molar-refractivity contribution in [1.29, 1.82) is 0 Å². The molecule has 1 saturated heterocycles. The first-order valence-corrected chi connectivity index (χ1v) is 8.91. The number of H-pyrrole nitrogens is 1. The van der Waals surface area contributed by atoms with Crippen molar-refractivity contribution in [1.82, 2.24) is 15.1 Å². The molecule has 2 fully saturated rings. The standard InChI is InChI=1S/C19H22N4O2/c1-2-22(18(24)16-12-15(20-21-16)13-8-9-13)17-10-11-23(19(17)25)14-6-4-3-5-7-14/h3-7,12-13,17H,2,8-11H2,1H3,(H,20,21)/t17-/m0/s1. The summed E-state index contributed by atoms with van der Waals surface area (Å²) in [6.45, 7) is 3.03. The average Bonchev–Trinajstić information content (AvgIpc) is 3.25. The van der Waals surface area contributed by atoms with E-state index >= 15 is 0 Å². The molecule has 2 aliphatic rings. The monoisotopic (exact) mass is 338 g/mol. The number of aromatic nitrogens is 2. The zero-order valence-corrected chi connectivity index (χ0v) is 14.3. The van der Waals surface area contributed by atoms with E-state index in [-0.39, 0.29) is 11.8 Å². The molecule has 130 valence electrons. The van der Waals surface area contributed by atoms with Gasteiger partial charge in [0.25, 0.3) is 5.91 Å². The first-order valence-electron chi connectivity index (χ1n) is 8.91. The third kappa shape index (κ3) is 2.92. The van der Waals surface area contributed by atoms with Crippen LogP contribution in [-0.4, -0.2) is 46.0 Å². The van der Waals surface area contributed by atoms with Crippen LogP contribution in [-0.2, 0) is 4.79 Å². The van der Waals surface area contributed by atoms with Crippen molar-refractivity contribution in [3.05, 3.63) is 47.8 Å². The molecule has 2 aromatic rings. The predicted molar refractivity (Wildman–Crippen MR) is 94.5 cm³/mol. The number of benzene rings is 1. The fourth-order valence-corrected chi connectivity index (χ4v) is 3.52. The highest BCUT2D eigenvalue weighted by Gasteiger charge is 2.39. The van der Waals surface area contributed by atoms with Gasteiger partial charge in [0.1, 0.15) is 11.7 Å². The molecule has 1 saturated carbocycles. The third-order valence-corrected chi connectivity index (χ3v) is 5.06. The van der Waals surface area contributed by atoms with Gasteiger partial charge in [-0.05, 0) is 44.4 Å². The summed E-state index contributed by atoms with van der Waals surface area (Å²) in [7, 11) is 0. The highest BCUT2D eigenvalue weighted by molar-refractivity contribution is 6.03. The molecule has 2 heterocycles. The molecule has 2 amide bonds. The lowest BCUT2D eigenvalue weighted by Crippen LogP contribution is -2.45. The average molecular weight is 338 g/mol. The Morgan fingerprint density at radius 1 is 1.28 bits per heavy atom. The van der Waals surface area contributed by atoms with Crippen LogP contribution in [0.2, 0.25) is 0 Å². The Labute approximate surface area is 146 Å². The normalized spacial score (nSPS) is 20.1. The highest BCUT2D eigenvalue weighted by Crippen LogP contribution is 2.39. The van der Waals surface area contributed by atoms with Crippen molar-refractivity contribution in [2.24, 2.45) is 0 Å². The Morgan fingerprint density at radius 2 is 2.04 bits per heavy atom. The summed E-state index contributed by atoms with van der Waals surface area (Å²) >= 11 is 0. The van der Waals surface area contributed by atoms with Gasteiger partial charge in [0.05, 0.1) is 0 Å². The van der Waals surface area contributed by atoms with E-state index < -0.39 is 6.04 Å². The molecule has 25 heavy (non-hydrogen) atoms. The summed E-state index contributed by atoms with van der Waals surface area (Å²) in [5.41, 5.74) is 2.33. The summed E-state index contributed by atoms with van der Waals surface area (Å²) in [6.07, 6.45) is 2.95. The number of hydrogen-bond donors (Lipinski definition) is 1. The van der Waals surface area contributed by atoms with Crippen molar-refractivity contribution in [3.63, 3.8) is 0 Å². The largest absolute Gasteiger partial charge is 0.325 e. The molecular weight excluding hydrogens is 316 g/mol. The molecule has 1 aromatic carbocycles. The van der Waals surface area contributed by atoms with Crippen LogP contribution in [0, 0.1) is 0 Å². The lowest BCUT2D eigenvalue weighted by molar-refractivity contribution is -0.120. The van der Waals surface area contributed by atoms with E-state index in [9.17, 15) is 9.59 Å². The van der Waals surface area contributed by atoms with Gasteiger partial charge in [-0.15, -0.1) is 0 Å². The van der Waals surface area contributed by atoms with Gasteiger partial charge in [-0.25, -0.2) is 0 Å². The van der Waals surface area contributed by atoms with Crippen LogP contribution < -0.4 is 4.90 Å². The van der Waals surface area contributed by atoms with Crippen LogP contribution >= 0.6 is 0 Å². The molecule has 0 unspecified atom stereocenters. The summed E-state index contributed by atoms with van der Waals surface area (Å²) < 4.78 is 0. The van der Waals surface area contributed by atoms with Gasteiger partial charge < -0.3 is 9.80 Å². The fourth-order valence-electron chi connectivity index (χ4n) is 3.52. The minimum Gasteiger partial charge on any atom is -0.325 e. The lowest BCUT2D eigenvalue weighted by atomic mass is 10.2. The van der Waals surface area contributed by atoms with E-state index in [2.05, 4.69) is 10.2 Å². The summed E-state index contributed by atoms with van der Waals surface area (Å²) in [6, 6.07) is 11.0. The van der Waals surface area contributed by atoms with E-state index in [1.54, 1.807) is 9.80 Å². The molecule has 0 spiro atoms. The molecule has 6 heteroatoms.